The van der Waals surface area contributed by atoms with Crippen LogP contribution in [-0.4, -0.2) is 52.3 Å². The molecule has 0 aromatic heterocycles. The number of hydrogen-bond donors (Lipinski definition) is 3. The van der Waals surface area contributed by atoms with Gasteiger partial charge in [-0.1, -0.05) is 146 Å². The van der Waals surface area contributed by atoms with Crippen molar-refractivity contribution in [3.05, 3.63) is 48.6 Å². The molecule has 10 heteroatoms. The molecule has 3 N–H and O–H groups in total. The maximum absolute atomic E-state index is 12.3. The SMILES string of the molecule is CCCCC/C=C\C/C=C\C/C=C\C=C\[C@@H](O)CCCC(=O)OC[C@H](COP(=O)(O)O)OC(=O)CCCCCCCCCCCCCC. The number of phosphoric ester groups is 1. The molecular weight excluding hydrogens is 631 g/mol. The summed E-state index contributed by atoms with van der Waals surface area (Å²) < 4.78 is 26.1. The van der Waals surface area contributed by atoms with E-state index in [1.165, 1.54) is 70.6 Å². The summed E-state index contributed by atoms with van der Waals surface area (Å²) in [4.78, 5) is 42.6. The van der Waals surface area contributed by atoms with Gasteiger partial charge >= 0.3 is 19.8 Å². The number of esters is 2. The van der Waals surface area contributed by atoms with Crippen LogP contribution in [0.25, 0.3) is 0 Å². The highest BCUT2D eigenvalue weighted by Gasteiger charge is 2.23. The van der Waals surface area contributed by atoms with Crippen LogP contribution in [0.1, 0.15) is 155 Å². The van der Waals surface area contributed by atoms with E-state index in [2.05, 4.69) is 42.7 Å². The Kier molecular flexibility index (Phi) is 32.1. The Morgan fingerprint density at radius 3 is 1.81 bits per heavy atom. The highest BCUT2D eigenvalue weighted by Crippen LogP contribution is 2.36. The van der Waals surface area contributed by atoms with Crippen LogP contribution >= 0.6 is 7.82 Å². The minimum Gasteiger partial charge on any atom is -0.462 e. The van der Waals surface area contributed by atoms with Crippen molar-refractivity contribution in [2.24, 2.45) is 0 Å². The van der Waals surface area contributed by atoms with E-state index in [9.17, 15) is 19.3 Å². The van der Waals surface area contributed by atoms with Gasteiger partial charge in [-0.05, 0) is 44.9 Å². The van der Waals surface area contributed by atoms with Gasteiger partial charge in [0.25, 0.3) is 0 Å². The molecular formula is C38H67O9P. The number of hydrogen-bond acceptors (Lipinski definition) is 7. The molecule has 0 saturated carbocycles. The Morgan fingerprint density at radius 2 is 1.19 bits per heavy atom. The summed E-state index contributed by atoms with van der Waals surface area (Å²) in [5.74, 6) is -1.09. The fourth-order valence-electron chi connectivity index (χ4n) is 4.89. The zero-order valence-corrected chi connectivity index (χ0v) is 30.9. The zero-order valence-electron chi connectivity index (χ0n) is 30.0. The number of carbonyl (C=O) groups is 2. The molecule has 278 valence electrons. The number of aliphatic hydroxyl groups is 1. The highest BCUT2D eigenvalue weighted by molar-refractivity contribution is 7.46. The van der Waals surface area contributed by atoms with Gasteiger partial charge in [-0.25, -0.2) is 4.57 Å². The smallest absolute Gasteiger partial charge is 0.462 e. The summed E-state index contributed by atoms with van der Waals surface area (Å²) in [5, 5.41) is 10.1. The number of phosphoric acid groups is 1. The summed E-state index contributed by atoms with van der Waals surface area (Å²) in [7, 11) is -4.79. The van der Waals surface area contributed by atoms with Crippen molar-refractivity contribution in [1.29, 1.82) is 0 Å². The molecule has 0 rings (SSSR count). The average molecular weight is 699 g/mol. The van der Waals surface area contributed by atoms with Crippen molar-refractivity contribution in [2.75, 3.05) is 13.2 Å². The molecule has 0 spiro atoms. The average Bonchev–Trinajstić information content (AvgIpc) is 3.04. The Balaban J connectivity index is 4.19. The van der Waals surface area contributed by atoms with Gasteiger partial charge in [0.1, 0.15) is 6.61 Å². The van der Waals surface area contributed by atoms with E-state index in [0.717, 1.165) is 38.5 Å². The van der Waals surface area contributed by atoms with E-state index < -0.39 is 38.6 Å². The molecule has 0 saturated heterocycles. The van der Waals surface area contributed by atoms with Crippen molar-refractivity contribution in [3.8, 4) is 0 Å². The van der Waals surface area contributed by atoms with Gasteiger partial charge in [0.2, 0.25) is 0 Å². The Bertz CT molecular complexity index is 938. The lowest BCUT2D eigenvalue weighted by atomic mass is 10.0. The topological polar surface area (TPSA) is 140 Å². The van der Waals surface area contributed by atoms with Gasteiger partial charge in [-0.15, -0.1) is 0 Å². The van der Waals surface area contributed by atoms with Crippen LogP contribution in [-0.2, 0) is 28.2 Å². The van der Waals surface area contributed by atoms with Crippen molar-refractivity contribution < 1.29 is 43.0 Å². The van der Waals surface area contributed by atoms with Gasteiger partial charge in [0.15, 0.2) is 6.10 Å². The summed E-state index contributed by atoms with van der Waals surface area (Å²) in [6.45, 7) is 3.46. The molecule has 0 bridgehead atoms. The third-order valence-electron chi connectivity index (χ3n) is 7.70. The minimum atomic E-state index is -4.79. The first-order chi connectivity index (χ1) is 23.2. The van der Waals surface area contributed by atoms with Crippen LogP contribution in [0, 0.1) is 0 Å². The number of ether oxygens (including phenoxy) is 2. The van der Waals surface area contributed by atoms with Gasteiger partial charge in [0, 0.05) is 12.8 Å². The van der Waals surface area contributed by atoms with Crippen molar-refractivity contribution in [2.45, 2.75) is 167 Å². The molecule has 2 atom stereocenters. The normalized spacial score (nSPS) is 13.7. The summed E-state index contributed by atoms with van der Waals surface area (Å²) in [5.41, 5.74) is 0. The van der Waals surface area contributed by atoms with Gasteiger partial charge in [-0.2, -0.15) is 0 Å². The Labute approximate surface area is 291 Å². The molecule has 0 aliphatic carbocycles. The molecule has 48 heavy (non-hydrogen) atoms. The van der Waals surface area contributed by atoms with E-state index in [1.807, 2.05) is 12.2 Å². The van der Waals surface area contributed by atoms with Crippen LogP contribution in [0.4, 0.5) is 0 Å². The quantitative estimate of drug-likeness (QED) is 0.0201. The second kappa shape index (κ2) is 33.5. The highest BCUT2D eigenvalue weighted by atomic mass is 31.2. The van der Waals surface area contributed by atoms with Crippen molar-refractivity contribution >= 4 is 19.8 Å². The molecule has 9 nitrogen and oxygen atoms in total. The molecule has 0 fully saturated rings. The lowest BCUT2D eigenvalue weighted by molar-refractivity contribution is -0.161. The molecule has 0 amide bonds. The monoisotopic (exact) mass is 698 g/mol. The fourth-order valence-corrected chi connectivity index (χ4v) is 5.25. The van der Waals surface area contributed by atoms with Gasteiger partial charge in [0.05, 0.1) is 12.7 Å². The van der Waals surface area contributed by atoms with E-state index in [0.29, 0.717) is 19.3 Å². The number of rotatable bonds is 33. The summed E-state index contributed by atoms with van der Waals surface area (Å²) in [6, 6.07) is 0. The molecule has 0 aliphatic rings. The first-order valence-electron chi connectivity index (χ1n) is 18.5. The largest absolute Gasteiger partial charge is 0.469 e. The summed E-state index contributed by atoms with van der Waals surface area (Å²) in [6.07, 6.45) is 35.8. The second-order valence-corrected chi connectivity index (χ2v) is 13.6. The van der Waals surface area contributed by atoms with Crippen molar-refractivity contribution in [1.82, 2.24) is 0 Å². The third kappa shape index (κ3) is 35.3. The zero-order chi connectivity index (χ0) is 35.6. The lowest BCUT2D eigenvalue weighted by Gasteiger charge is -2.18. The first kappa shape index (κ1) is 46.0. The van der Waals surface area contributed by atoms with Crippen LogP contribution in [0.5, 0.6) is 0 Å². The fraction of sp³-hybridized carbons (Fsp3) is 0.737. The Hall–Kier alpha value is -2.03. The molecule has 0 aliphatic heterocycles. The van der Waals surface area contributed by atoms with Crippen LogP contribution < -0.4 is 0 Å². The molecule has 0 radical (unpaired) electrons. The maximum atomic E-state index is 12.3. The van der Waals surface area contributed by atoms with E-state index in [4.69, 9.17) is 19.3 Å². The van der Waals surface area contributed by atoms with E-state index in [1.54, 1.807) is 12.2 Å². The number of allylic oxidation sites excluding steroid dienone is 7. The molecule has 0 aromatic carbocycles. The van der Waals surface area contributed by atoms with Crippen molar-refractivity contribution in [3.63, 3.8) is 0 Å². The lowest BCUT2D eigenvalue weighted by Crippen LogP contribution is -2.29. The second-order valence-electron chi connectivity index (χ2n) is 12.4. The van der Waals surface area contributed by atoms with E-state index >= 15 is 0 Å². The number of unbranched alkanes of at least 4 members (excludes halogenated alkanes) is 14. The molecule has 0 heterocycles. The molecule has 0 unspecified atom stereocenters. The van der Waals surface area contributed by atoms with Gasteiger partial charge < -0.3 is 24.4 Å². The third-order valence-corrected chi connectivity index (χ3v) is 8.19. The first-order valence-corrected chi connectivity index (χ1v) is 20.1. The Morgan fingerprint density at radius 1 is 0.646 bits per heavy atom. The standard InChI is InChI=1S/C38H67O9P/c1-3-5-7-9-11-13-15-17-18-20-22-24-26-29-35(39)30-28-32-37(40)45-33-36(34-46-48(42,43)44)47-38(41)31-27-25-23-21-19-16-14-12-10-8-6-4-2/h11,13,17-18,22,24,26,29,35-36,39H,3-10,12,14-16,19-21,23,25,27-28,30-34H2,1-2H3,(H2,42,43,44)/b13-11-,18-17-,24-22-,29-26+/t35-,36-/m1/s1. The predicted molar refractivity (Wildman–Crippen MR) is 194 cm³/mol. The van der Waals surface area contributed by atoms with Gasteiger partial charge in [-0.3, -0.25) is 14.1 Å². The minimum absolute atomic E-state index is 0.0391. The number of carbonyl (C=O) groups excluding carboxylic acids is 2. The van der Waals surface area contributed by atoms with Crippen LogP contribution in [0.2, 0.25) is 0 Å². The van der Waals surface area contributed by atoms with Crippen LogP contribution in [0.3, 0.4) is 0 Å². The predicted octanol–water partition coefficient (Wildman–Crippen LogP) is 9.76. The molecule has 0 aromatic rings. The maximum Gasteiger partial charge on any atom is 0.469 e. The summed E-state index contributed by atoms with van der Waals surface area (Å²) >= 11 is 0. The number of aliphatic hydroxyl groups excluding tert-OH is 1. The van der Waals surface area contributed by atoms with E-state index in [-0.39, 0.29) is 19.4 Å². The van der Waals surface area contributed by atoms with Crippen LogP contribution in [0.15, 0.2) is 48.6 Å².